The first kappa shape index (κ1) is 23.3. The van der Waals surface area contributed by atoms with Crippen molar-refractivity contribution < 1.29 is 17.9 Å². The van der Waals surface area contributed by atoms with Gasteiger partial charge in [-0.15, -0.1) is 11.8 Å². The molecule has 0 heterocycles. The minimum Gasteiger partial charge on any atom is -0.375 e. The number of benzene rings is 2. The lowest BCUT2D eigenvalue weighted by molar-refractivity contribution is -0.121. The zero-order valence-corrected chi connectivity index (χ0v) is 18.5. The number of hydrogen-bond acceptors (Lipinski definition) is 5. The van der Waals surface area contributed by atoms with Crippen LogP contribution in [0.1, 0.15) is 18.4 Å². The maximum Gasteiger partial charge on any atom is 0.232 e. The molecule has 0 saturated heterocycles. The summed E-state index contributed by atoms with van der Waals surface area (Å²) in [5.74, 6) is -0.111. The topological polar surface area (TPSA) is 75.7 Å². The fourth-order valence-corrected chi connectivity index (χ4v) is 4.16. The average molecular weight is 437 g/mol. The molecule has 2 aromatic rings. The lowest BCUT2D eigenvalue weighted by atomic mass is 10.2. The Labute approximate surface area is 177 Å². The number of nitrogens with zero attached hydrogens (tertiary/aromatic N) is 1. The molecule has 0 fully saturated rings. The van der Waals surface area contributed by atoms with Gasteiger partial charge < -0.3 is 10.1 Å². The molecule has 6 nitrogen and oxygen atoms in total. The van der Waals surface area contributed by atoms with Crippen LogP contribution in [0.15, 0.2) is 59.5 Å². The third-order valence-electron chi connectivity index (χ3n) is 4.19. The average Bonchev–Trinajstić information content (AvgIpc) is 2.71. The van der Waals surface area contributed by atoms with Gasteiger partial charge in [-0.1, -0.05) is 36.4 Å². The maximum absolute atomic E-state index is 12.2. The summed E-state index contributed by atoms with van der Waals surface area (Å²) in [5, 5.41) is 2.80. The van der Waals surface area contributed by atoms with Crippen molar-refractivity contribution in [3.8, 4) is 0 Å². The van der Waals surface area contributed by atoms with Gasteiger partial charge in [0.1, 0.15) is 0 Å². The zero-order chi connectivity index (χ0) is 21.1. The Hall–Kier alpha value is -2.03. The smallest absolute Gasteiger partial charge is 0.232 e. The van der Waals surface area contributed by atoms with E-state index in [0.29, 0.717) is 31.9 Å². The Morgan fingerprint density at radius 3 is 2.59 bits per heavy atom. The van der Waals surface area contributed by atoms with E-state index in [1.54, 1.807) is 17.8 Å². The van der Waals surface area contributed by atoms with E-state index < -0.39 is 10.0 Å². The van der Waals surface area contributed by atoms with Crippen LogP contribution in [-0.4, -0.2) is 46.5 Å². The van der Waals surface area contributed by atoms with Crippen LogP contribution in [0.2, 0.25) is 0 Å². The molecule has 0 aliphatic rings. The Morgan fingerprint density at radius 2 is 1.90 bits per heavy atom. The van der Waals surface area contributed by atoms with Crippen molar-refractivity contribution in [3.63, 3.8) is 0 Å². The molecule has 29 heavy (non-hydrogen) atoms. The molecule has 0 bridgehead atoms. The van der Waals surface area contributed by atoms with Crippen LogP contribution in [0.4, 0.5) is 5.69 Å². The number of amides is 1. The van der Waals surface area contributed by atoms with Crippen LogP contribution in [0.3, 0.4) is 0 Å². The molecule has 8 heteroatoms. The van der Waals surface area contributed by atoms with Gasteiger partial charge in [0, 0.05) is 24.4 Å². The number of carbonyl (C=O) groups excluding carboxylic acids is 1. The lowest BCUT2D eigenvalue weighted by Crippen LogP contribution is -2.32. The van der Waals surface area contributed by atoms with Gasteiger partial charge >= 0.3 is 0 Å². The lowest BCUT2D eigenvalue weighted by Gasteiger charge is -2.22. The number of anilines is 1. The monoisotopic (exact) mass is 436 g/mol. The summed E-state index contributed by atoms with van der Waals surface area (Å²) >= 11 is 1.55. The van der Waals surface area contributed by atoms with Gasteiger partial charge in [-0.05, 0) is 36.4 Å². The zero-order valence-electron chi connectivity index (χ0n) is 16.8. The second kappa shape index (κ2) is 11.8. The van der Waals surface area contributed by atoms with Gasteiger partial charge in [0.25, 0.3) is 0 Å². The van der Waals surface area contributed by atoms with Gasteiger partial charge in [-0.3, -0.25) is 9.10 Å². The van der Waals surface area contributed by atoms with Crippen LogP contribution in [0.5, 0.6) is 0 Å². The molecule has 158 valence electrons. The molecule has 0 spiro atoms. The van der Waals surface area contributed by atoms with E-state index in [0.717, 1.165) is 10.5 Å². The molecule has 0 radical (unpaired) electrons. The SMILES string of the molecule is CSc1cccc(N(CCCC(=O)NCCOCc2ccccc2)S(C)(=O)=O)c1. The van der Waals surface area contributed by atoms with Gasteiger partial charge in [0.2, 0.25) is 15.9 Å². The summed E-state index contributed by atoms with van der Waals surface area (Å²) in [7, 11) is -3.42. The largest absolute Gasteiger partial charge is 0.375 e. The first-order valence-corrected chi connectivity index (χ1v) is 12.5. The molecular formula is C21H28N2O4S2. The number of sulfonamides is 1. The van der Waals surface area contributed by atoms with Crippen LogP contribution in [0, 0.1) is 0 Å². The molecule has 0 atom stereocenters. The highest BCUT2D eigenvalue weighted by Crippen LogP contribution is 2.24. The maximum atomic E-state index is 12.2. The molecule has 0 unspecified atom stereocenters. The Morgan fingerprint density at radius 1 is 1.14 bits per heavy atom. The van der Waals surface area contributed by atoms with Crippen molar-refractivity contribution >= 4 is 33.4 Å². The predicted octanol–water partition coefficient (Wildman–Crippen LogP) is 3.29. The summed E-state index contributed by atoms with van der Waals surface area (Å²) in [6.07, 6.45) is 3.82. The van der Waals surface area contributed by atoms with Crippen molar-refractivity contribution in [3.05, 3.63) is 60.2 Å². The fourth-order valence-electron chi connectivity index (χ4n) is 2.75. The van der Waals surface area contributed by atoms with Crippen molar-refractivity contribution in [1.29, 1.82) is 0 Å². The summed E-state index contributed by atoms with van der Waals surface area (Å²) in [5.41, 5.74) is 1.71. The Balaban J connectivity index is 1.72. The summed E-state index contributed by atoms with van der Waals surface area (Å²) in [4.78, 5) is 13.0. The molecule has 0 aliphatic heterocycles. The van der Waals surface area contributed by atoms with Gasteiger partial charge in [0.15, 0.2) is 0 Å². The molecule has 0 aliphatic carbocycles. The second-order valence-electron chi connectivity index (χ2n) is 6.53. The normalized spacial score (nSPS) is 11.2. The van der Waals surface area contributed by atoms with Crippen molar-refractivity contribution in [1.82, 2.24) is 5.32 Å². The van der Waals surface area contributed by atoms with Gasteiger partial charge in [0.05, 0.1) is 25.2 Å². The van der Waals surface area contributed by atoms with E-state index in [2.05, 4.69) is 5.32 Å². The highest BCUT2D eigenvalue weighted by Gasteiger charge is 2.17. The summed E-state index contributed by atoms with van der Waals surface area (Å²) in [6.45, 7) is 1.62. The number of carbonyl (C=O) groups is 1. The van der Waals surface area contributed by atoms with Crippen molar-refractivity contribution in [2.75, 3.05) is 36.5 Å². The molecule has 1 amide bonds. The molecule has 1 N–H and O–H groups in total. The molecule has 2 aromatic carbocycles. The number of thioether (sulfide) groups is 1. The van der Waals surface area contributed by atoms with E-state index in [1.165, 1.54) is 10.6 Å². The van der Waals surface area contributed by atoms with Crippen molar-refractivity contribution in [2.24, 2.45) is 0 Å². The van der Waals surface area contributed by atoms with Gasteiger partial charge in [-0.25, -0.2) is 8.42 Å². The van der Waals surface area contributed by atoms with Crippen LogP contribution in [0.25, 0.3) is 0 Å². The number of rotatable bonds is 12. The quantitative estimate of drug-likeness (QED) is 0.408. The fraction of sp³-hybridized carbons (Fsp3) is 0.381. The first-order chi connectivity index (χ1) is 13.9. The summed E-state index contributed by atoms with van der Waals surface area (Å²) < 4.78 is 31.2. The van der Waals surface area contributed by atoms with Crippen LogP contribution in [-0.2, 0) is 26.2 Å². The number of hydrogen-bond donors (Lipinski definition) is 1. The molecule has 0 saturated carbocycles. The highest BCUT2D eigenvalue weighted by molar-refractivity contribution is 7.98. The minimum absolute atomic E-state index is 0.111. The van der Waals surface area contributed by atoms with Crippen LogP contribution >= 0.6 is 11.8 Å². The standard InChI is InChI=1S/C21H28N2O4S2/c1-28-20-11-6-10-19(16-20)23(29(2,25)26)14-7-12-21(24)22-13-15-27-17-18-8-4-3-5-9-18/h3-6,8-11,16H,7,12-15,17H2,1-2H3,(H,22,24). The number of nitrogens with one attached hydrogen (secondary N) is 1. The van der Waals surface area contributed by atoms with Crippen LogP contribution < -0.4 is 9.62 Å². The molecule has 0 aromatic heterocycles. The van der Waals surface area contributed by atoms with E-state index in [4.69, 9.17) is 4.74 Å². The van der Waals surface area contributed by atoms with E-state index >= 15 is 0 Å². The molecular weight excluding hydrogens is 408 g/mol. The minimum atomic E-state index is -3.42. The molecule has 2 rings (SSSR count). The highest BCUT2D eigenvalue weighted by atomic mass is 32.2. The van der Waals surface area contributed by atoms with E-state index in [1.807, 2.05) is 54.8 Å². The second-order valence-corrected chi connectivity index (χ2v) is 9.31. The van der Waals surface area contributed by atoms with E-state index in [9.17, 15) is 13.2 Å². The van der Waals surface area contributed by atoms with E-state index in [-0.39, 0.29) is 18.9 Å². The Kier molecular flexibility index (Phi) is 9.50. The van der Waals surface area contributed by atoms with Crippen molar-refractivity contribution in [2.45, 2.75) is 24.3 Å². The van der Waals surface area contributed by atoms with Gasteiger partial charge in [-0.2, -0.15) is 0 Å². The first-order valence-electron chi connectivity index (χ1n) is 9.40. The third kappa shape index (κ3) is 8.47. The third-order valence-corrected chi connectivity index (χ3v) is 6.11. The predicted molar refractivity (Wildman–Crippen MR) is 119 cm³/mol. The summed E-state index contributed by atoms with van der Waals surface area (Å²) in [6, 6.07) is 17.2. The Bertz CT molecular complexity index is 873. The number of ether oxygens (including phenoxy) is 1.